The van der Waals surface area contributed by atoms with E-state index in [1.165, 1.54) is 6.07 Å². The second-order valence-electron chi connectivity index (χ2n) is 4.67. The van der Waals surface area contributed by atoms with E-state index in [1.807, 2.05) is 26.0 Å². The molecule has 1 atom stereocenters. The van der Waals surface area contributed by atoms with E-state index in [-0.39, 0.29) is 10.9 Å². The molecule has 1 unspecified atom stereocenters. The van der Waals surface area contributed by atoms with E-state index in [1.54, 1.807) is 24.5 Å². The van der Waals surface area contributed by atoms with Gasteiger partial charge in [-0.1, -0.05) is 12.1 Å². The Morgan fingerprint density at radius 2 is 2.05 bits per heavy atom. The van der Waals surface area contributed by atoms with Gasteiger partial charge in [0.1, 0.15) is 0 Å². The molecule has 0 aliphatic rings. The van der Waals surface area contributed by atoms with Crippen molar-refractivity contribution in [2.75, 3.05) is 5.32 Å². The van der Waals surface area contributed by atoms with Crippen LogP contribution in [0.15, 0.2) is 47.6 Å². The van der Waals surface area contributed by atoms with Gasteiger partial charge in [0.05, 0.1) is 16.8 Å². The Kier molecular flexibility index (Phi) is 4.06. The number of nitrogens with two attached hydrogens (primary N) is 1. The average molecular weight is 291 g/mol. The minimum atomic E-state index is -3.68. The topological polar surface area (TPSA) is 85.1 Å². The van der Waals surface area contributed by atoms with Crippen molar-refractivity contribution in [2.24, 2.45) is 5.14 Å². The number of benzene rings is 1. The molecule has 5 nitrogen and oxygen atoms in total. The number of sulfonamides is 1. The second-order valence-corrected chi connectivity index (χ2v) is 6.24. The van der Waals surface area contributed by atoms with Crippen LogP contribution in [0.5, 0.6) is 0 Å². The molecule has 6 heteroatoms. The molecule has 0 saturated carbocycles. The normalized spacial score (nSPS) is 12.9. The molecule has 1 heterocycles. The molecule has 0 bridgehead atoms. The summed E-state index contributed by atoms with van der Waals surface area (Å²) in [5.74, 6) is 0. The number of hydrogen-bond donors (Lipinski definition) is 2. The van der Waals surface area contributed by atoms with Crippen molar-refractivity contribution in [1.82, 2.24) is 4.98 Å². The zero-order valence-corrected chi connectivity index (χ0v) is 12.2. The maximum absolute atomic E-state index is 11.4. The molecular formula is C14H17N3O2S. The average Bonchev–Trinajstić information content (AvgIpc) is 2.40. The number of rotatable bonds is 4. The van der Waals surface area contributed by atoms with Crippen LogP contribution in [0.25, 0.3) is 0 Å². The number of nitrogens with zero attached hydrogens (tertiary/aromatic N) is 1. The van der Waals surface area contributed by atoms with E-state index >= 15 is 0 Å². The number of hydrogen-bond acceptors (Lipinski definition) is 4. The van der Waals surface area contributed by atoms with Crippen LogP contribution in [0.2, 0.25) is 0 Å². The molecule has 0 amide bonds. The van der Waals surface area contributed by atoms with Crippen molar-refractivity contribution in [1.29, 1.82) is 0 Å². The van der Waals surface area contributed by atoms with E-state index in [9.17, 15) is 8.42 Å². The van der Waals surface area contributed by atoms with Gasteiger partial charge >= 0.3 is 0 Å². The van der Waals surface area contributed by atoms with Gasteiger partial charge in [0.25, 0.3) is 0 Å². The van der Waals surface area contributed by atoms with Crippen molar-refractivity contribution >= 4 is 15.7 Å². The molecule has 2 aromatic rings. The molecule has 0 radical (unpaired) electrons. The predicted molar refractivity (Wildman–Crippen MR) is 78.8 cm³/mol. The van der Waals surface area contributed by atoms with E-state index in [4.69, 9.17) is 5.14 Å². The minimum absolute atomic E-state index is 0.0559. The maximum atomic E-state index is 11.4. The van der Waals surface area contributed by atoms with E-state index in [0.29, 0.717) is 0 Å². The second kappa shape index (κ2) is 5.60. The van der Waals surface area contributed by atoms with Crippen LogP contribution in [0.4, 0.5) is 5.69 Å². The smallest absolute Gasteiger partial charge is 0.238 e. The number of primary sulfonamides is 1. The van der Waals surface area contributed by atoms with Crippen molar-refractivity contribution < 1.29 is 8.42 Å². The monoisotopic (exact) mass is 291 g/mol. The standard InChI is InChI=1S/C14H17N3O2S/c1-10-6-7-16-9-14(10)17-11(2)12-4-3-5-13(8-12)20(15,18)19/h3-9,11,17H,1-2H3,(H2,15,18,19). The van der Waals surface area contributed by atoms with Gasteiger partial charge in [0.2, 0.25) is 10.0 Å². The molecular weight excluding hydrogens is 274 g/mol. The highest BCUT2D eigenvalue weighted by Gasteiger charge is 2.12. The molecule has 0 saturated heterocycles. The van der Waals surface area contributed by atoms with Crippen molar-refractivity contribution in [3.63, 3.8) is 0 Å². The van der Waals surface area contributed by atoms with Crippen molar-refractivity contribution in [3.05, 3.63) is 53.9 Å². The van der Waals surface area contributed by atoms with E-state index in [2.05, 4.69) is 10.3 Å². The van der Waals surface area contributed by atoms with Gasteiger partial charge in [-0.05, 0) is 43.2 Å². The summed E-state index contributed by atoms with van der Waals surface area (Å²) in [5.41, 5.74) is 2.84. The maximum Gasteiger partial charge on any atom is 0.238 e. The molecule has 106 valence electrons. The highest BCUT2D eigenvalue weighted by molar-refractivity contribution is 7.89. The Hall–Kier alpha value is -1.92. The number of aromatic nitrogens is 1. The van der Waals surface area contributed by atoms with Crippen LogP contribution >= 0.6 is 0 Å². The summed E-state index contributed by atoms with van der Waals surface area (Å²) in [6.45, 7) is 3.94. The van der Waals surface area contributed by atoms with Gasteiger partial charge in [-0.3, -0.25) is 4.98 Å². The molecule has 0 aliphatic carbocycles. The first-order chi connectivity index (χ1) is 9.38. The van der Waals surface area contributed by atoms with Gasteiger partial charge < -0.3 is 5.32 Å². The molecule has 2 rings (SSSR count). The lowest BCUT2D eigenvalue weighted by atomic mass is 10.1. The van der Waals surface area contributed by atoms with Crippen LogP contribution in [0, 0.1) is 6.92 Å². The lowest BCUT2D eigenvalue weighted by Gasteiger charge is -2.17. The largest absolute Gasteiger partial charge is 0.377 e. The number of anilines is 1. The van der Waals surface area contributed by atoms with Gasteiger partial charge in [-0.15, -0.1) is 0 Å². The highest BCUT2D eigenvalue weighted by Crippen LogP contribution is 2.22. The Bertz CT molecular complexity index is 714. The third-order valence-electron chi connectivity index (χ3n) is 3.10. The Morgan fingerprint density at radius 3 is 2.70 bits per heavy atom. The summed E-state index contributed by atoms with van der Waals surface area (Å²) in [7, 11) is -3.68. The fraction of sp³-hybridized carbons (Fsp3) is 0.214. The van der Waals surface area contributed by atoms with Gasteiger partial charge in [0, 0.05) is 12.2 Å². The summed E-state index contributed by atoms with van der Waals surface area (Å²) < 4.78 is 22.7. The zero-order chi connectivity index (χ0) is 14.8. The van der Waals surface area contributed by atoms with Crippen molar-refractivity contribution in [3.8, 4) is 0 Å². The van der Waals surface area contributed by atoms with E-state index in [0.717, 1.165) is 16.8 Å². The summed E-state index contributed by atoms with van der Waals surface area (Å²) in [6, 6.07) is 8.47. The lowest BCUT2D eigenvalue weighted by Crippen LogP contribution is -2.14. The van der Waals surface area contributed by atoms with Gasteiger partial charge in [-0.2, -0.15) is 0 Å². The fourth-order valence-electron chi connectivity index (χ4n) is 1.89. The molecule has 0 aliphatic heterocycles. The molecule has 0 spiro atoms. The minimum Gasteiger partial charge on any atom is -0.377 e. The summed E-state index contributed by atoms with van der Waals surface area (Å²) in [4.78, 5) is 4.19. The van der Waals surface area contributed by atoms with Crippen LogP contribution in [-0.4, -0.2) is 13.4 Å². The van der Waals surface area contributed by atoms with Gasteiger partial charge in [-0.25, -0.2) is 13.6 Å². The highest BCUT2D eigenvalue weighted by atomic mass is 32.2. The summed E-state index contributed by atoms with van der Waals surface area (Å²) >= 11 is 0. The lowest BCUT2D eigenvalue weighted by molar-refractivity contribution is 0.597. The zero-order valence-electron chi connectivity index (χ0n) is 11.4. The van der Waals surface area contributed by atoms with Crippen LogP contribution in [0.1, 0.15) is 24.1 Å². The van der Waals surface area contributed by atoms with Crippen LogP contribution in [-0.2, 0) is 10.0 Å². The third kappa shape index (κ3) is 3.34. The summed E-state index contributed by atoms with van der Waals surface area (Å²) in [6.07, 6.45) is 3.47. The molecule has 1 aromatic heterocycles. The SMILES string of the molecule is Cc1ccncc1NC(C)c1cccc(S(N)(=O)=O)c1. The molecule has 3 N–H and O–H groups in total. The number of aryl methyl sites for hydroxylation is 1. The third-order valence-corrected chi connectivity index (χ3v) is 4.01. The Morgan fingerprint density at radius 1 is 1.30 bits per heavy atom. The number of pyridine rings is 1. The quantitative estimate of drug-likeness (QED) is 0.904. The van der Waals surface area contributed by atoms with E-state index < -0.39 is 10.0 Å². The first kappa shape index (κ1) is 14.5. The van der Waals surface area contributed by atoms with Gasteiger partial charge in [0.15, 0.2) is 0 Å². The predicted octanol–water partition coefficient (Wildman–Crippen LogP) is 2.21. The molecule has 0 fully saturated rings. The molecule has 1 aromatic carbocycles. The molecule has 20 heavy (non-hydrogen) atoms. The first-order valence-corrected chi connectivity index (χ1v) is 7.72. The number of nitrogens with one attached hydrogen (secondary N) is 1. The summed E-state index contributed by atoms with van der Waals surface area (Å²) in [5, 5.41) is 8.45. The van der Waals surface area contributed by atoms with Crippen LogP contribution < -0.4 is 10.5 Å². The Labute approximate surface area is 118 Å². The fourth-order valence-corrected chi connectivity index (χ4v) is 2.46. The first-order valence-electron chi connectivity index (χ1n) is 6.18. The Balaban J connectivity index is 2.26. The van der Waals surface area contributed by atoms with Crippen molar-refractivity contribution in [2.45, 2.75) is 24.8 Å². The van der Waals surface area contributed by atoms with Crippen LogP contribution in [0.3, 0.4) is 0 Å².